The number of hydrogen-bond acceptors (Lipinski definition) is 13. The van der Waals surface area contributed by atoms with Gasteiger partial charge in [0, 0.05) is 6.42 Å². The summed E-state index contributed by atoms with van der Waals surface area (Å²) in [6.45, 7) is 2.80. The van der Waals surface area contributed by atoms with Gasteiger partial charge in [0.05, 0.1) is 32.0 Å². The Balaban J connectivity index is 1.56. The molecule has 98 heavy (non-hydrogen) atoms. The molecule has 0 aromatic carbocycles. The Bertz CT molecular complexity index is 1920. The second kappa shape index (κ2) is 67.6. The number of carbonyl (C=O) groups is 1. The first-order chi connectivity index (χ1) is 48.1. The summed E-state index contributed by atoms with van der Waals surface area (Å²) in [4.78, 5) is 13.4. The first-order valence-electron chi connectivity index (χ1n) is 41.2. The Hall–Kier alpha value is -2.57. The molecule has 2 aliphatic rings. The summed E-state index contributed by atoms with van der Waals surface area (Å²) < 4.78 is 23.0. The van der Waals surface area contributed by atoms with E-state index < -0.39 is 86.8 Å². The molecular weight excluding hydrogens is 1230 g/mol. The van der Waals surface area contributed by atoms with Crippen LogP contribution in [0.3, 0.4) is 0 Å². The number of aliphatic hydroxyl groups is 8. The molecule has 0 aromatic heterocycles. The van der Waals surface area contributed by atoms with Crippen LogP contribution in [-0.4, -0.2) is 140 Å². The van der Waals surface area contributed by atoms with Gasteiger partial charge in [-0.15, -0.1) is 0 Å². The van der Waals surface area contributed by atoms with Crippen molar-refractivity contribution in [3.8, 4) is 0 Å². The van der Waals surface area contributed by atoms with E-state index in [4.69, 9.17) is 18.9 Å². The topological polar surface area (TPSA) is 228 Å². The lowest BCUT2D eigenvalue weighted by Gasteiger charge is -2.46. The summed E-state index contributed by atoms with van der Waals surface area (Å²) in [5, 5.41) is 87.9. The predicted molar refractivity (Wildman–Crippen MR) is 406 cm³/mol. The third-order valence-electron chi connectivity index (χ3n) is 19.9. The largest absolute Gasteiger partial charge is 0.394 e. The fourth-order valence-electron chi connectivity index (χ4n) is 13.5. The van der Waals surface area contributed by atoms with Crippen LogP contribution in [0.2, 0.25) is 0 Å². The highest BCUT2D eigenvalue weighted by Gasteiger charge is 2.51. The summed E-state index contributed by atoms with van der Waals surface area (Å²) >= 11 is 0. The van der Waals surface area contributed by atoms with E-state index in [2.05, 4.69) is 92.1 Å². The number of hydrogen-bond donors (Lipinski definition) is 9. The Labute approximate surface area is 599 Å². The third kappa shape index (κ3) is 49.9. The summed E-state index contributed by atoms with van der Waals surface area (Å²) in [5.41, 5.74) is 0. The van der Waals surface area contributed by atoms with Crippen molar-refractivity contribution >= 4 is 5.91 Å². The zero-order valence-corrected chi connectivity index (χ0v) is 62.8. The number of allylic oxidation sites excluding steroid dienone is 12. The van der Waals surface area contributed by atoms with Crippen LogP contribution in [0.1, 0.15) is 361 Å². The van der Waals surface area contributed by atoms with Crippen molar-refractivity contribution in [3.63, 3.8) is 0 Å². The molecule has 0 bridgehead atoms. The minimum absolute atomic E-state index is 0.200. The number of aliphatic hydroxyl groups excluding tert-OH is 8. The maximum Gasteiger partial charge on any atom is 0.220 e. The van der Waals surface area contributed by atoms with Gasteiger partial charge in [-0.25, -0.2) is 0 Å². The monoisotopic (exact) mass is 1380 g/mol. The zero-order valence-electron chi connectivity index (χ0n) is 62.8. The van der Waals surface area contributed by atoms with E-state index in [1.54, 1.807) is 0 Å². The zero-order chi connectivity index (χ0) is 70.8. The maximum atomic E-state index is 13.4. The molecule has 12 unspecified atom stereocenters. The first kappa shape index (κ1) is 91.5. The molecule has 0 radical (unpaired) electrons. The molecule has 0 spiro atoms. The number of nitrogens with one attached hydrogen (secondary N) is 1. The van der Waals surface area contributed by atoms with Crippen molar-refractivity contribution in [2.75, 3.05) is 19.8 Å². The molecule has 0 saturated carbocycles. The van der Waals surface area contributed by atoms with Gasteiger partial charge in [-0.05, 0) is 64.2 Å². The smallest absolute Gasteiger partial charge is 0.220 e. The average molecular weight is 1390 g/mol. The van der Waals surface area contributed by atoms with Gasteiger partial charge in [0.1, 0.15) is 48.8 Å². The molecule has 2 heterocycles. The molecule has 1 amide bonds. The molecule has 0 aromatic rings. The fraction of sp³-hybridized carbons (Fsp3) is 0.845. The summed E-state index contributed by atoms with van der Waals surface area (Å²) in [6, 6.07) is -0.831. The Kier molecular flexibility index (Phi) is 63.1. The highest BCUT2D eigenvalue weighted by Crippen LogP contribution is 2.30. The van der Waals surface area contributed by atoms with Gasteiger partial charge < -0.3 is 65.1 Å². The van der Waals surface area contributed by atoms with Crippen LogP contribution in [0.4, 0.5) is 0 Å². The van der Waals surface area contributed by atoms with Crippen LogP contribution in [-0.2, 0) is 23.7 Å². The van der Waals surface area contributed by atoms with Crippen LogP contribution in [0.25, 0.3) is 0 Å². The van der Waals surface area contributed by atoms with E-state index in [-0.39, 0.29) is 12.5 Å². The molecule has 572 valence electrons. The Morgan fingerprint density at radius 2 is 0.704 bits per heavy atom. The predicted octanol–water partition coefficient (Wildman–Crippen LogP) is 18.9. The number of amides is 1. The van der Waals surface area contributed by atoms with Gasteiger partial charge in [0.2, 0.25) is 5.91 Å². The molecule has 9 N–H and O–H groups in total. The van der Waals surface area contributed by atoms with E-state index in [0.717, 1.165) is 89.9 Å². The normalized spacial score (nSPS) is 22.4. The van der Waals surface area contributed by atoms with E-state index in [9.17, 15) is 45.6 Å². The Morgan fingerprint density at radius 1 is 0.378 bits per heavy atom. The second-order valence-electron chi connectivity index (χ2n) is 28.9. The van der Waals surface area contributed by atoms with Crippen molar-refractivity contribution in [1.82, 2.24) is 5.32 Å². The van der Waals surface area contributed by atoms with Crippen LogP contribution in [0.5, 0.6) is 0 Å². The Morgan fingerprint density at radius 3 is 1.08 bits per heavy atom. The number of unbranched alkanes of at least 4 members (excludes halogenated alkanes) is 44. The van der Waals surface area contributed by atoms with Gasteiger partial charge in [-0.2, -0.15) is 0 Å². The van der Waals surface area contributed by atoms with Gasteiger partial charge >= 0.3 is 0 Å². The molecule has 2 aliphatic heterocycles. The number of rotatable bonds is 69. The number of ether oxygens (including phenoxy) is 4. The molecule has 12 atom stereocenters. The SMILES string of the molecule is CC/C=C\C/C=C\C/C=C\C/C=C\C/C=C\C/C=C\CCCCCCCCCCCCCCCCCCCCCCCCC(=O)NC(COC1OC(CO)C(OC2OC(CO)C(O)C(O)C2O)C(O)C1O)C(O)CCCCCCCCCCCCCCCCCCCCCCCCC. The molecular formula is C84H153NO13. The molecule has 2 fully saturated rings. The standard InChI is InChI=1S/C84H153NO13/c1-3-5-7-9-11-13-15-17-19-21-23-25-27-28-29-30-31-32-33-34-35-36-37-38-39-40-41-42-43-44-46-48-50-52-54-56-58-60-62-64-66-68-76(89)85-72(71-95-83-81(94)79(92)82(75(70-87)97-83)98-84-80(93)78(91)77(90)74(69-86)96-84)73(88)67-65-63-61-59-57-55-53-51-49-47-45-26-24-22-20-18-16-14-12-10-8-6-4-2/h5,7,11,13,17,19,23,25,28-29,31-32,72-75,77-84,86-88,90-94H,3-4,6,8-10,12,14-16,18,20-22,24,26-27,30,33-71H2,1-2H3,(H,85,89)/b7-5-,13-11-,19-17-,25-23-,29-28-,32-31-. The first-order valence-corrected chi connectivity index (χ1v) is 41.2. The maximum absolute atomic E-state index is 13.4. The quantitative estimate of drug-likeness (QED) is 0.0204. The summed E-state index contributed by atoms with van der Waals surface area (Å²) in [6.07, 6.45) is 76.6. The molecule has 0 aliphatic carbocycles. The minimum Gasteiger partial charge on any atom is -0.394 e. The average Bonchev–Trinajstić information content (AvgIpc) is 0.793. The molecule has 2 rings (SSSR count). The third-order valence-corrected chi connectivity index (χ3v) is 19.9. The molecule has 14 nitrogen and oxygen atoms in total. The number of carbonyl (C=O) groups excluding carboxylic acids is 1. The van der Waals surface area contributed by atoms with Crippen molar-refractivity contribution in [2.24, 2.45) is 0 Å². The fourth-order valence-corrected chi connectivity index (χ4v) is 13.5. The van der Waals surface area contributed by atoms with E-state index in [0.29, 0.717) is 12.8 Å². The molecule has 14 heteroatoms. The van der Waals surface area contributed by atoms with E-state index in [1.165, 1.54) is 244 Å². The van der Waals surface area contributed by atoms with Gasteiger partial charge in [-0.3, -0.25) is 4.79 Å². The van der Waals surface area contributed by atoms with Crippen LogP contribution < -0.4 is 5.32 Å². The van der Waals surface area contributed by atoms with Crippen molar-refractivity contribution in [1.29, 1.82) is 0 Å². The van der Waals surface area contributed by atoms with Gasteiger partial charge in [0.25, 0.3) is 0 Å². The lowest BCUT2D eigenvalue weighted by Crippen LogP contribution is -2.65. The summed E-state index contributed by atoms with van der Waals surface area (Å²) in [5.74, 6) is -0.200. The minimum atomic E-state index is -1.78. The highest BCUT2D eigenvalue weighted by molar-refractivity contribution is 5.76. The van der Waals surface area contributed by atoms with Crippen LogP contribution in [0, 0.1) is 0 Å². The van der Waals surface area contributed by atoms with E-state index >= 15 is 0 Å². The second-order valence-corrected chi connectivity index (χ2v) is 28.9. The lowest BCUT2D eigenvalue weighted by atomic mass is 9.97. The lowest BCUT2D eigenvalue weighted by molar-refractivity contribution is -0.359. The van der Waals surface area contributed by atoms with Crippen LogP contribution in [0.15, 0.2) is 72.9 Å². The van der Waals surface area contributed by atoms with Gasteiger partial charge in [0.15, 0.2) is 12.6 Å². The van der Waals surface area contributed by atoms with E-state index in [1.807, 2.05) is 0 Å². The van der Waals surface area contributed by atoms with Crippen molar-refractivity contribution in [2.45, 2.75) is 434 Å². The highest BCUT2D eigenvalue weighted by atomic mass is 16.7. The molecule has 2 saturated heterocycles. The van der Waals surface area contributed by atoms with Crippen molar-refractivity contribution in [3.05, 3.63) is 72.9 Å². The van der Waals surface area contributed by atoms with Crippen LogP contribution >= 0.6 is 0 Å². The van der Waals surface area contributed by atoms with Gasteiger partial charge in [-0.1, -0.05) is 363 Å². The van der Waals surface area contributed by atoms with Crippen molar-refractivity contribution < 1.29 is 64.6 Å². The summed E-state index contributed by atoms with van der Waals surface area (Å²) in [7, 11) is 0.